The number of rotatable bonds is 1. The third-order valence-corrected chi connectivity index (χ3v) is 2.78. The highest BCUT2D eigenvalue weighted by Crippen LogP contribution is 2.38. The van der Waals surface area contributed by atoms with E-state index >= 15 is 0 Å². The van der Waals surface area contributed by atoms with Crippen LogP contribution in [0.2, 0.25) is 5.02 Å². The standard InChI is InChI=1S/C10H10ClNO3/c11-6-3-1-2-5-4-7(13)9(8(5)6)15-10(12)14/h1-3,7,9,13H,4H2,(H2,12,14)/t7-,9-/m0/s1. The number of ether oxygens (including phenoxy) is 1. The minimum Gasteiger partial charge on any atom is -0.439 e. The van der Waals surface area contributed by atoms with Crippen molar-refractivity contribution in [3.05, 3.63) is 34.3 Å². The number of hydrogen-bond acceptors (Lipinski definition) is 3. The minimum absolute atomic E-state index is 0.424. The maximum atomic E-state index is 10.7. The number of aliphatic hydroxyl groups is 1. The van der Waals surface area contributed by atoms with Crippen molar-refractivity contribution in [1.82, 2.24) is 0 Å². The molecule has 3 N–H and O–H groups in total. The van der Waals surface area contributed by atoms with Crippen LogP contribution in [-0.4, -0.2) is 17.3 Å². The Morgan fingerprint density at radius 2 is 2.33 bits per heavy atom. The predicted molar refractivity (Wildman–Crippen MR) is 54.6 cm³/mol. The molecule has 1 aromatic carbocycles. The van der Waals surface area contributed by atoms with Crippen molar-refractivity contribution in [3.8, 4) is 0 Å². The summed E-state index contributed by atoms with van der Waals surface area (Å²) in [5.41, 5.74) is 6.47. The molecule has 1 amide bonds. The Hall–Kier alpha value is -1.26. The van der Waals surface area contributed by atoms with Crippen LogP contribution >= 0.6 is 11.6 Å². The molecule has 4 nitrogen and oxygen atoms in total. The third kappa shape index (κ3) is 1.78. The highest BCUT2D eigenvalue weighted by molar-refractivity contribution is 6.31. The van der Waals surface area contributed by atoms with E-state index in [-0.39, 0.29) is 0 Å². The molecule has 0 aliphatic heterocycles. The Balaban J connectivity index is 2.39. The van der Waals surface area contributed by atoms with Crippen molar-refractivity contribution in [2.75, 3.05) is 0 Å². The monoisotopic (exact) mass is 227 g/mol. The molecule has 0 saturated carbocycles. The number of halogens is 1. The van der Waals surface area contributed by atoms with Gasteiger partial charge in [0, 0.05) is 17.0 Å². The van der Waals surface area contributed by atoms with Crippen LogP contribution in [0.25, 0.3) is 0 Å². The van der Waals surface area contributed by atoms with Gasteiger partial charge in [-0.3, -0.25) is 0 Å². The van der Waals surface area contributed by atoms with Gasteiger partial charge in [0.1, 0.15) is 0 Å². The first-order valence-corrected chi connectivity index (χ1v) is 4.89. The molecule has 0 aromatic heterocycles. The second-order valence-corrected chi connectivity index (χ2v) is 3.85. The number of fused-ring (bicyclic) bond motifs is 1. The van der Waals surface area contributed by atoms with Gasteiger partial charge in [0.05, 0.1) is 6.10 Å². The summed E-state index contributed by atoms with van der Waals surface area (Å²) in [4.78, 5) is 10.7. The van der Waals surface area contributed by atoms with Crippen LogP contribution in [-0.2, 0) is 11.2 Å². The van der Waals surface area contributed by atoms with Crippen molar-refractivity contribution in [1.29, 1.82) is 0 Å². The van der Waals surface area contributed by atoms with Gasteiger partial charge in [0.2, 0.25) is 0 Å². The highest BCUT2D eigenvalue weighted by Gasteiger charge is 2.35. The van der Waals surface area contributed by atoms with Gasteiger partial charge in [-0.2, -0.15) is 0 Å². The van der Waals surface area contributed by atoms with E-state index in [9.17, 15) is 9.90 Å². The SMILES string of the molecule is NC(=O)O[C@@H]1c2c(Cl)cccc2C[C@@H]1O. The second-order valence-electron chi connectivity index (χ2n) is 3.44. The molecule has 0 radical (unpaired) electrons. The predicted octanol–water partition coefficient (Wildman–Crippen LogP) is 1.39. The molecule has 0 spiro atoms. The van der Waals surface area contributed by atoms with Gasteiger partial charge in [-0.25, -0.2) is 4.79 Å². The second kappa shape index (κ2) is 3.72. The molecule has 15 heavy (non-hydrogen) atoms. The average molecular weight is 228 g/mol. The van der Waals surface area contributed by atoms with Gasteiger partial charge in [-0.05, 0) is 11.6 Å². The Morgan fingerprint density at radius 3 is 3.00 bits per heavy atom. The fourth-order valence-corrected chi connectivity index (χ4v) is 2.17. The smallest absolute Gasteiger partial charge is 0.405 e. The fourth-order valence-electron chi connectivity index (χ4n) is 1.87. The average Bonchev–Trinajstić information content (AvgIpc) is 2.43. The maximum Gasteiger partial charge on any atom is 0.405 e. The van der Waals surface area contributed by atoms with Crippen LogP contribution in [0.15, 0.2) is 18.2 Å². The van der Waals surface area contributed by atoms with Crippen molar-refractivity contribution in [3.63, 3.8) is 0 Å². The molecule has 0 saturated heterocycles. The number of nitrogens with two attached hydrogens (primary N) is 1. The van der Waals surface area contributed by atoms with Crippen LogP contribution < -0.4 is 5.73 Å². The molecule has 80 valence electrons. The Labute approximate surface area is 91.6 Å². The molecule has 1 aromatic rings. The van der Waals surface area contributed by atoms with E-state index in [1.54, 1.807) is 12.1 Å². The summed E-state index contributed by atoms with van der Waals surface area (Å²) >= 11 is 5.97. The summed E-state index contributed by atoms with van der Waals surface area (Å²) in [5.74, 6) is 0. The van der Waals surface area contributed by atoms with E-state index in [1.807, 2.05) is 6.07 Å². The zero-order valence-electron chi connectivity index (χ0n) is 7.81. The van der Waals surface area contributed by atoms with E-state index in [4.69, 9.17) is 22.1 Å². The number of carbonyl (C=O) groups excluding carboxylic acids is 1. The van der Waals surface area contributed by atoms with Crippen LogP contribution in [0.4, 0.5) is 4.79 Å². The molecule has 5 heteroatoms. The summed E-state index contributed by atoms with van der Waals surface area (Å²) < 4.78 is 4.84. The lowest BCUT2D eigenvalue weighted by Crippen LogP contribution is -2.23. The van der Waals surface area contributed by atoms with Gasteiger partial charge >= 0.3 is 6.09 Å². The first-order valence-electron chi connectivity index (χ1n) is 4.51. The van der Waals surface area contributed by atoms with Gasteiger partial charge in [0.25, 0.3) is 0 Å². The lowest BCUT2D eigenvalue weighted by molar-refractivity contribution is 0.0169. The number of primary amides is 1. The summed E-state index contributed by atoms with van der Waals surface area (Å²) in [6.07, 6.45) is -2.00. The van der Waals surface area contributed by atoms with Crippen molar-refractivity contribution in [2.45, 2.75) is 18.6 Å². The number of amides is 1. The fraction of sp³-hybridized carbons (Fsp3) is 0.300. The van der Waals surface area contributed by atoms with Gasteiger partial charge < -0.3 is 15.6 Å². The lowest BCUT2D eigenvalue weighted by Gasteiger charge is -2.15. The summed E-state index contributed by atoms with van der Waals surface area (Å²) in [7, 11) is 0. The number of benzene rings is 1. The normalized spacial score (nSPS) is 23.6. The van der Waals surface area contributed by atoms with Crippen LogP contribution in [0, 0.1) is 0 Å². The Bertz CT molecular complexity index is 408. The third-order valence-electron chi connectivity index (χ3n) is 2.45. The number of carbonyl (C=O) groups is 1. The molecular formula is C10H10ClNO3. The largest absolute Gasteiger partial charge is 0.439 e. The van der Waals surface area contributed by atoms with Crippen molar-refractivity contribution in [2.24, 2.45) is 5.73 Å². The molecule has 2 rings (SSSR count). The molecule has 0 bridgehead atoms. The van der Waals surface area contributed by atoms with E-state index in [0.717, 1.165) is 5.56 Å². The molecule has 1 aliphatic rings. The van der Waals surface area contributed by atoms with E-state index < -0.39 is 18.3 Å². The minimum atomic E-state index is -0.910. The van der Waals surface area contributed by atoms with Gasteiger partial charge in [0.15, 0.2) is 6.10 Å². The molecule has 2 atom stereocenters. The molecule has 0 unspecified atom stereocenters. The number of hydrogen-bond donors (Lipinski definition) is 2. The molecular weight excluding hydrogens is 218 g/mol. The molecule has 1 aliphatic carbocycles. The summed E-state index contributed by atoms with van der Waals surface area (Å²) in [5, 5.41) is 10.2. The first kappa shape index (κ1) is 10.3. The molecule has 0 fully saturated rings. The zero-order valence-corrected chi connectivity index (χ0v) is 8.57. The highest BCUT2D eigenvalue weighted by atomic mass is 35.5. The maximum absolute atomic E-state index is 10.7. The van der Waals surface area contributed by atoms with E-state index in [2.05, 4.69) is 0 Å². The molecule has 0 heterocycles. The Kier molecular flexibility index (Phi) is 2.54. The van der Waals surface area contributed by atoms with Crippen LogP contribution in [0.5, 0.6) is 0 Å². The van der Waals surface area contributed by atoms with Crippen LogP contribution in [0.3, 0.4) is 0 Å². The van der Waals surface area contributed by atoms with Crippen molar-refractivity contribution >= 4 is 17.7 Å². The lowest BCUT2D eigenvalue weighted by atomic mass is 10.1. The van der Waals surface area contributed by atoms with Gasteiger partial charge in [-0.1, -0.05) is 23.7 Å². The van der Waals surface area contributed by atoms with Crippen LogP contribution in [0.1, 0.15) is 17.2 Å². The van der Waals surface area contributed by atoms with Gasteiger partial charge in [-0.15, -0.1) is 0 Å². The number of aliphatic hydroxyl groups excluding tert-OH is 1. The van der Waals surface area contributed by atoms with E-state index in [1.165, 1.54) is 0 Å². The summed E-state index contributed by atoms with van der Waals surface area (Å²) in [6.45, 7) is 0. The zero-order chi connectivity index (χ0) is 11.0. The summed E-state index contributed by atoms with van der Waals surface area (Å²) in [6, 6.07) is 5.32. The van der Waals surface area contributed by atoms with Crippen molar-refractivity contribution < 1.29 is 14.6 Å². The van der Waals surface area contributed by atoms with E-state index in [0.29, 0.717) is 17.0 Å². The quantitative estimate of drug-likeness (QED) is 0.762. The topological polar surface area (TPSA) is 72.6 Å². The first-order chi connectivity index (χ1) is 7.09. The Morgan fingerprint density at radius 1 is 1.60 bits per heavy atom.